The summed E-state index contributed by atoms with van der Waals surface area (Å²) in [6.45, 7) is 3.39. The molecule has 2 aliphatic heterocycles. The molecule has 0 N–H and O–H groups in total. The van der Waals surface area contributed by atoms with Crippen molar-refractivity contribution in [3.8, 4) is 6.01 Å². The number of carbonyl (C=O) groups excluding carboxylic acids is 1. The molecule has 10 nitrogen and oxygen atoms in total. The van der Waals surface area contributed by atoms with Gasteiger partial charge in [-0.25, -0.2) is 18.4 Å². The molecule has 2 aliphatic rings. The Hall–Kier alpha value is -2.53. The fraction of sp³-hybridized carbons (Fsp3) is 0.579. The molecule has 2 saturated heterocycles. The molecule has 0 aromatic carbocycles. The van der Waals surface area contributed by atoms with Gasteiger partial charge in [0.25, 0.3) is 5.91 Å². The summed E-state index contributed by atoms with van der Waals surface area (Å²) in [5.74, 6) is -0.376. The average Bonchev–Trinajstić information content (AvgIpc) is 3.25. The van der Waals surface area contributed by atoms with Crippen molar-refractivity contribution in [2.75, 3.05) is 39.2 Å². The largest absolute Gasteiger partial charge is 0.463 e. The van der Waals surface area contributed by atoms with E-state index in [1.54, 1.807) is 41.2 Å². The highest BCUT2D eigenvalue weighted by molar-refractivity contribution is 7.93. The molecule has 1 spiro atoms. The minimum Gasteiger partial charge on any atom is -0.463 e. The van der Waals surface area contributed by atoms with Gasteiger partial charge in [0.15, 0.2) is 9.84 Å². The molecular formula is C19H25N5O5S. The first-order valence-corrected chi connectivity index (χ1v) is 11.5. The van der Waals surface area contributed by atoms with Crippen molar-refractivity contribution in [3.63, 3.8) is 0 Å². The smallest absolute Gasteiger partial charge is 0.316 e. The zero-order valence-corrected chi connectivity index (χ0v) is 17.8. The van der Waals surface area contributed by atoms with Crippen LogP contribution >= 0.6 is 0 Å². The van der Waals surface area contributed by atoms with Gasteiger partial charge in [-0.15, -0.1) is 0 Å². The van der Waals surface area contributed by atoms with Gasteiger partial charge in [0.1, 0.15) is 10.4 Å². The van der Waals surface area contributed by atoms with Crippen LogP contribution in [0.15, 0.2) is 24.5 Å². The van der Waals surface area contributed by atoms with Gasteiger partial charge in [-0.05, 0) is 25.5 Å². The van der Waals surface area contributed by atoms with E-state index in [0.717, 1.165) is 5.69 Å². The number of ether oxygens (including phenoxy) is 2. The maximum Gasteiger partial charge on any atom is 0.316 e. The highest BCUT2D eigenvalue weighted by Crippen LogP contribution is 2.45. The number of likely N-dealkylation sites (tertiary alicyclic amines) is 1. The molecule has 2 aromatic rings. The highest BCUT2D eigenvalue weighted by atomic mass is 32.2. The lowest BCUT2D eigenvalue weighted by atomic mass is 9.83. The van der Waals surface area contributed by atoms with Crippen LogP contribution in [0.2, 0.25) is 0 Å². The van der Waals surface area contributed by atoms with Crippen molar-refractivity contribution >= 4 is 15.7 Å². The Morgan fingerprint density at radius 1 is 1.33 bits per heavy atom. The van der Waals surface area contributed by atoms with E-state index in [9.17, 15) is 13.2 Å². The van der Waals surface area contributed by atoms with Crippen LogP contribution < -0.4 is 4.74 Å². The molecule has 2 aromatic heterocycles. The number of hydrogen-bond acceptors (Lipinski definition) is 8. The minimum absolute atomic E-state index is 0.101. The van der Waals surface area contributed by atoms with Crippen molar-refractivity contribution in [1.82, 2.24) is 24.6 Å². The van der Waals surface area contributed by atoms with Crippen molar-refractivity contribution in [2.45, 2.75) is 24.6 Å². The predicted molar refractivity (Wildman–Crippen MR) is 107 cm³/mol. The van der Waals surface area contributed by atoms with Gasteiger partial charge in [0.05, 0.1) is 25.5 Å². The molecule has 0 aliphatic carbocycles. The number of carbonyl (C=O) groups is 1. The molecule has 0 unspecified atom stereocenters. The topological polar surface area (TPSA) is 117 Å². The Balaban J connectivity index is 1.42. The SMILES string of the molecule is COCCn1ccc(C(=O)N2CC3(C2)[C@@H](COc2nccc(C)n2)CCS3(=O)=O)n1. The Bertz CT molecular complexity index is 1030. The molecule has 0 saturated carbocycles. The zero-order chi connectivity index (χ0) is 21.4. The number of nitrogens with zero attached hydrogens (tertiary/aromatic N) is 5. The molecule has 0 radical (unpaired) electrons. The summed E-state index contributed by atoms with van der Waals surface area (Å²) in [4.78, 5) is 22.6. The third-order valence-corrected chi connectivity index (χ3v) is 8.48. The highest BCUT2D eigenvalue weighted by Gasteiger charge is 2.62. The third kappa shape index (κ3) is 3.67. The lowest BCUT2D eigenvalue weighted by Crippen LogP contribution is -2.69. The molecule has 1 atom stereocenters. The number of rotatable bonds is 7. The molecule has 30 heavy (non-hydrogen) atoms. The van der Waals surface area contributed by atoms with Gasteiger partial charge >= 0.3 is 6.01 Å². The second kappa shape index (κ2) is 7.95. The fourth-order valence-corrected chi connectivity index (χ4v) is 6.47. The lowest BCUT2D eigenvalue weighted by molar-refractivity contribution is 0.0397. The van der Waals surface area contributed by atoms with Gasteiger partial charge in [-0.2, -0.15) is 5.10 Å². The summed E-state index contributed by atoms with van der Waals surface area (Å²) >= 11 is 0. The lowest BCUT2D eigenvalue weighted by Gasteiger charge is -2.49. The number of aryl methyl sites for hydroxylation is 1. The summed E-state index contributed by atoms with van der Waals surface area (Å²) in [6, 6.07) is 3.64. The summed E-state index contributed by atoms with van der Waals surface area (Å²) < 4.78 is 37.0. The van der Waals surface area contributed by atoms with Crippen LogP contribution in [0.3, 0.4) is 0 Å². The van der Waals surface area contributed by atoms with E-state index in [4.69, 9.17) is 9.47 Å². The van der Waals surface area contributed by atoms with Gasteiger partial charge in [0.2, 0.25) is 0 Å². The number of amides is 1. The van der Waals surface area contributed by atoms with E-state index in [1.807, 2.05) is 6.92 Å². The molecule has 162 valence electrons. The number of sulfone groups is 1. The van der Waals surface area contributed by atoms with Gasteiger partial charge in [-0.1, -0.05) is 0 Å². The van der Waals surface area contributed by atoms with Crippen molar-refractivity contribution in [1.29, 1.82) is 0 Å². The van der Waals surface area contributed by atoms with Crippen molar-refractivity contribution in [2.24, 2.45) is 5.92 Å². The molecule has 4 rings (SSSR count). The zero-order valence-electron chi connectivity index (χ0n) is 17.0. The second-order valence-corrected chi connectivity index (χ2v) is 10.2. The monoisotopic (exact) mass is 435 g/mol. The van der Waals surface area contributed by atoms with Crippen molar-refractivity contribution in [3.05, 3.63) is 35.9 Å². The summed E-state index contributed by atoms with van der Waals surface area (Å²) in [6.07, 6.45) is 3.82. The third-order valence-electron chi connectivity index (χ3n) is 5.87. The Morgan fingerprint density at radius 3 is 2.87 bits per heavy atom. The van der Waals surface area contributed by atoms with Crippen LogP contribution in [0.5, 0.6) is 6.01 Å². The standard InChI is InChI=1S/C19H25N5O5S/c1-14-3-6-20-18(21-14)29-11-15-5-10-30(26,27)19(15)12-23(13-19)17(25)16-4-7-24(22-16)8-9-28-2/h3-4,6-7,15H,5,8-13H2,1-2H3/t15-/m1/s1. The number of aromatic nitrogens is 4. The maximum atomic E-state index is 12.8. The summed E-state index contributed by atoms with van der Waals surface area (Å²) in [5, 5.41) is 4.26. The summed E-state index contributed by atoms with van der Waals surface area (Å²) in [7, 11) is -1.72. The van der Waals surface area contributed by atoms with Crippen LogP contribution in [-0.2, 0) is 21.1 Å². The Morgan fingerprint density at radius 2 is 2.13 bits per heavy atom. The number of hydrogen-bond donors (Lipinski definition) is 0. The molecule has 11 heteroatoms. The summed E-state index contributed by atoms with van der Waals surface area (Å²) in [5.41, 5.74) is 1.08. The minimum atomic E-state index is -3.32. The van der Waals surface area contributed by atoms with E-state index < -0.39 is 14.6 Å². The van der Waals surface area contributed by atoms with E-state index in [2.05, 4.69) is 15.1 Å². The Kier molecular flexibility index (Phi) is 5.49. The number of methoxy groups -OCH3 is 1. The van der Waals surface area contributed by atoms with E-state index in [1.165, 1.54) is 0 Å². The Labute approximate surface area is 175 Å². The first-order valence-electron chi connectivity index (χ1n) is 9.81. The van der Waals surface area contributed by atoms with Gasteiger partial charge in [-0.3, -0.25) is 9.48 Å². The van der Waals surface area contributed by atoms with Crippen LogP contribution in [0.4, 0.5) is 0 Å². The van der Waals surface area contributed by atoms with Crippen LogP contribution in [0.1, 0.15) is 22.6 Å². The van der Waals surface area contributed by atoms with E-state index >= 15 is 0 Å². The second-order valence-electron chi connectivity index (χ2n) is 7.78. The van der Waals surface area contributed by atoms with Gasteiger partial charge < -0.3 is 14.4 Å². The van der Waals surface area contributed by atoms with Crippen LogP contribution in [-0.4, -0.2) is 82.9 Å². The first-order chi connectivity index (χ1) is 14.3. The van der Waals surface area contributed by atoms with Gasteiger partial charge in [0, 0.05) is 44.2 Å². The quantitative estimate of drug-likeness (QED) is 0.611. The van der Waals surface area contributed by atoms with Crippen LogP contribution in [0.25, 0.3) is 0 Å². The molecule has 4 heterocycles. The molecule has 2 fully saturated rings. The van der Waals surface area contributed by atoms with Crippen molar-refractivity contribution < 1.29 is 22.7 Å². The molecule has 1 amide bonds. The van der Waals surface area contributed by atoms with E-state index in [-0.39, 0.29) is 43.3 Å². The predicted octanol–water partition coefficient (Wildman–Crippen LogP) is 0.336. The molecular weight excluding hydrogens is 410 g/mol. The fourth-order valence-electron chi connectivity index (χ4n) is 4.07. The normalized spacial score (nSPS) is 21.5. The average molecular weight is 436 g/mol. The first kappa shape index (κ1) is 20.7. The van der Waals surface area contributed by atoms with E-state index in [0.29, 0.717) is 25.3 Å². The molecule has 0 bridgehead atoms. The van der Waals surface area contributed by atoms with Crippen LogP contribution in [0, 0.1) is 12.8 Å². The maximum absolute atomic E-state index is 12.8.